The Labute approximate surface area is 176 Å². The summed E-state index contributed by atoms with van der Waals surface area (Å²) in [6.45, 7) is 11.3. The van der Waals surface area contributed by atoms with E-state index in [1.807, 2.05) is 40.7 Å². The summed E-state index contributed by atoms with van der Waals surface area (Å²) in [5.41, 5.74) is 1.61. The van der Waals surface area contributed by atoms with Crippen LogP contribution in [-0.4, -0.2) is 5.11 Å². The first-order chi connectivity index (χ1) is 13.8. The lowest BCUT2D eigenvalue weighted by Gasteiger charge is -2.36. The minimum Gasteiger partial charge on any atom is -0.507 e. The highest BCUT2D eigenvalue weighted by molar-refractivity contribution is 7.48. The third-order valence-corrected chi connectivity index (χ3v) is 7.47. The molecule has 30 heavy (non-hydrogen) atoms. The van der Waals surface area contributed by atoms with Crippen LogP contribution >= 0.6 is 8.58 Å². The van der Waals surface area contributed by atoms with Crippen LogP contribution in [0.25, 0.3) is 0 Å². The molecule has 1 N–H and O–H groups in total. The number of aromatic hydroxyl groups is 1. The van der Waals surface area contributed by atoms with Crippen molar-refractivity contribution in [2.24, 2.45) is 0 Å². The molecule has 2 atom stereocenters. The van der Waals surface area contributed by atoms with Crippen molar-refractivity contribution in [2.75, 3.05) is 0 Å². The number of benzene rings is 2. The van der Waals surface area contributed by atoms with Crippen LogP contribution in [0.2, 0.25) is 0 Å². The fraction of sp³-hybridized carbons (Fsp3) is 0.478. The highest BCUT2D eigenvalue weighted by atomic mass is 31.1. The van der Waals surface area contributed by atoms with Gasteiger partial charge in [-0.2, -0.15) is 0 Å². The lowest BCUT2D eigenvalue weighted by Crippen LogP contribution is -2.28. The quantitative estimate of drug-likeness (QED) is 0.217. The van der Waals surface area contributed by atoms with Gasteiger partial charge in [-0.1, -0.05) is 67.3 Å². The van der Waals surface area contributed by atoms with E-state index in [1.54, 1.807) is 13.0 Å². The molecule has 0 aliphatic rings. The van der Waals surface area contributed by atoms with Crippen molar-refractivity contribution in [1.29, 1.82) is 0 Å². The Morgan fingerprint density at radius 3 is 1.73 bits per heavy atom. The molecular weight excluding hydrogens is 418 g/mol. The van der Waals surface area contributed by atoms with Crippen molar-refractivity contribution in [3.8, 4) is 5.75 Å². The molecule has 0 radical (unpaired) electrons. The normalized spacial score (nSPS) is 14.5. The van der Waals surface area contributed by atoms with E-state index < -0.39 is 53.5 Å². The van der Waals surface area contributed by atoms with Gasteiger partial charge in [0.15, 0.2) is 23.3 Å². The summed E-state index contributed by atoms with van der Waals surface area (Å²) in [5.74, 6) is -9.64. The molecule has 0 spiro atoms. The third-order valence-electron chi connectivity index (χ3n) is 5.43. The molecule has 2 unspecified atom stereocenters. The van der Waals surface area contributed by atoms with Gasteiger partial charge in [0.25, 0.3) is 0 Å². The van der Waals surface area contributed by atoms with E-state index in [4.69, 9.17) is 0 Å². The van der Waals surface area contributed by atoms with Gasteiger partial charge in [-0.25, -0.2) is 22.0 Å². The second-order valence-electron chi connectivity index (χ2n) is 8.71. The van der Waals surface area contributed by atoms with Crippen LogP contribution in [0.1, 0.15) is 70.6 Å². The van der Waals surface area contributed by atoms with Crippen molar-refractivity contribution in [1.82, 2.24) is 0 Å². The molecule has 0 bridgehead atoms. The predicted octanol–water partition coefficient (Wildman–Crippen LogP) is 7.10. The third kappa shape index (κ3) is 4.34. The van der Waals surface area contributed by atoms with Crippen LogP contribution < -0.4 is 5.30 Å². The van der Waals surface area contributed by atoms with Gasteiger partial charge >= 0.3 is 0 Å². The summed E-state index contributed by atoms with van der Waals surface area (Å²) >= 11 is 0. The largest absolute Gasteiger partial charge is 0.507 e. The van der Waals surface area contributed by atoms with Gasteiger partial charge in [0.05, 0.1) is 5.30 Å². The molecule has 0 heterocycles. The smallest absolute Gasteiger partial charge is 0.200 e. The summed E-state index contributed by atoms with van der Waals surface area (Å²) in [6, 6.07) is 3.61. The minimum atomic E-state index is -2.16. The molecule has 2 aromatic rings. The highest BCUT2D eigenvalue weighted by Crippen LogP contribution is 2.53. The molecule has 2 rings (SSSR count). The average molecular weight is 446 g/mol. The molecule has 2 aromatic carbocycles. The number of phenols is 1. The van der Waals surface area contributed by atoms with Crippen molar-refractivity contribution in [3.05, 3.63) is 57.9 Å². The Kier molecular flexibility index (Phi) is 7.23. The van der Waals surface area contributed by atoms with Crippen LogP contribution in [0.3, 0.4) is 0 Å². The SMILES string of the molecule is CCCC(CC)(Pc1c(F)c(F)c(F)c(F)c1F)c1cc(C)cc(C(C)(C)C)c1O. The number of hydrogen-bond acceptors (Lipinski definition) is 1. The van der Waals surface area contributed by atoms with E-state index in [-0.39, 0.29) is 5.75 Å². The van der Waals surface area contributed by atoms with E-state index in [0.717, 1.165) is 5.56 Å². The predicted molar refractivity (Wildman–Crippen MR) is 113 cm³/mol. The summed E-state index contributed by atoms with van der Waals surface area (Å²) < 4.78 is 70.2. The molecular formula is C23H28F5OP. The van der Waals surface area contributed by atoms with Crippen LogP contribution in [0.5, 0.6) is 5.75 Å². The van der Waals surface area contributed by atoms with Gasteiger partial charge < -0.3 is 5.11 Å². The Bertz CT molecular complexity index is 923. The van der Waals surface area contributed by atoms with E-state index in [1.165, 1.54) is 0 Å². The van der Waals surface area contributed by atoms with Crippen molar-refractivity contribution < 1.29 is 27.1 Å². The monoisotopic (exact) mass is 446 g/mol. The zero-order chi connectivity index (χ0) is 23.0. The topological polar surface area (TPSA) is 20.2 Å². The second-order valence-corrected chi connectivity index (χ2v) is 10.4. The van der Waals surface area contributed by atoms with Gasteiger partial charge in [-0.15, -0.1) is 0 Å². The van der Waals surface area contributed by atoms with Gasteiger partial charge in [0.1, 0.15) is 5.75 Å². The van der Waals surface area contributed by atoms with E-state index >= 15 is 0 Å². The Morgan fingerprint density at radius 2 is 1.30 bits per heavy atom. The standard InChI is InChI=1S/C23H28F5OP/c1-7-9-23(8-2,14-11-12(3)10-13(20(14)29)22(4,5)6)30-21-18(27)16(25)15(24)17(26)19(21)28/h10-11,29-30H,7-9H2,1-6H3. The first-order valence-corrected chi connectivity index (χ1v) is 10.9. The first-order valence-electron chi connectivity index (χ1n) is 9.94. The lowest BCUT2D eigenvalue weighted by molar-refractivity contribution is 0.383. The van der Waals surface area contributed by atoms with Crippen LogP contribution in [0.4, 0.5) is 22.0 Å². The maximum Gasteiger partial charge on any atom is 0.200 e. The maximum atomic E-state index is 14.5. The van der Waals surface area contributed by atoms with Crippen molar-refractivity contribution in [2.45, 2.75) is 71.4 Å². The summed E-state index contributed by atoms with van der Waals surface area (Å²) in [5, 5.41) is 9.33. The van der Waals surface area contributed by atoms with E-state index in [9.17, 15) is 27.1 Å². The fourth-order valence-corrected chi connectivity index (χ4v) is 5.61. The minimum absolute atomic E-state index is 0.0137. The van der Waals surface area contributed by atoms with Crippen LogP contribution in [-0.2, 0) is 10.6 Å². The van der Waals surface area contributed by atoms with Crippen molar-refractivity contribution >= 4 is 13.9 Å². The van der Waals surface area contributed by atoms with Crippen molar-refractivity contribution in [3.63, 3.8) is 0 Å². The molecule has 0 saturated carbocycles. The van der Waals surface area contributed by atoms with Crippen LogP contribution in [0.15, 0.2) is 12.1 Å². The number of aryl methyl sites for hydroxylation is 1. The highest BCUT2D eigenvalue weighted by Gasteiger charge is 2.38. The average Bonchev–Trinajstić information content (AvgIpc) is 2.68. The Balaban J connectivity index is 2.81. The Morgan fingerprint density at radius 1 is 0.833 bits per heavy atom. The molecule has 0 amide bonds. The zero-order valence-corrected chi connectivity index (χ0v) is 19.1. The molecule has 166 valence electrons. The molecule has 0 aromatic heterocycles. The molecule has 0 aliphatic carbocycles. The summed E-state index contributed by atoms with van der Waals surface area (Å²) in [7, 11) is -0.747. The number of halogens is 5. The molecule has 1 nitrogen and oxygen atoms in total. The van der Waals surface area contributed by atoms with Gasteiger partial charge in [0.2, 0.25) is 5.82 Å². The second kappa shape index (κ2) is 8.82. The summed E-state index contributed by atoms with van der Waals surface area (Å²) in [4.78, 5) is 0. The first kappa shape index (κ1) is 24.6. The number of rotatable bonds is 6. The van der Waals surface area contributed by atoms with Gasteiger partial charge in [-0.3, -0.25) is 0 Å². The lowest BCUT2D eigenvalue weighted by atomic mass is 9.80. The van der Waals surface area contributed by atoms with Gasteiger partial charge in [-0.05, 0) is 30.7 Å². The maximum absolute atomic E-state index is 14.5. The fourth-order valence-electron chi connectivity index (χ4n) is 3.82. The van der Waals surface area contributed by atoms with Crippen LogP contribution in [0, 0.1) is 36.0 Å². The number of phenolic OH excluding ortho intramolecular Hbond substituents is 1. The van der Waals surface area contributed by atoms with E-state index in [0.29, 0.717) is 30.4 Å². The van der Waals surface area contributed by atoms with Gasteiger partial charge in [0, 0.05) is 10.7 Å². The molecule has 0 fully saturated rings. The zero-order valence-electron chi connectivity index (χ0n) is 18.1. The molecule has 0 saturated heterocycles. The molecule has 0 aliphatic heterocycles. The van der Waals surface area contributed by atoms with E-state index in [2.05, 4.69) is 0 Å². The summed E-state index contributed by atoms with van der Waals surface area (Å²) in [6.07, 6.45) is 1.38. The Hall–Kier alpha value is -1.68. The molecule has 7 heteroatoms. The number of hydrogen-bond donors (Lipinski definition) is 1.